The predicted molar refractivity (Wildman–Crippen MR) is 87.6 cm³/mol. The lowest BCUT2D eigenvalue weighted by Gasteiger charge is -2.10. The number of rotatable bonds is 6. The molecule has 0 unspecified atom stereocenters. The highest BCUT2D eigenvalue weighted by Gasteiger charge is 2.13. The van der Waals surface area contributed by atoms with E-state index in [0.717, 1.165) is 5.56 Å². The lowest BCUT2D eigenvalue weighted by atomic mass is 10.1. The summed E-state index contributed by atoms with van der Waals surface area (Å²) in [5, 5.41) is 0.613. The van der Waals surface area contributed by atoms with E-state index in [9.17, 15) is 9.59 Å². The fourth-order valence-corrected chi connectivity index (χ4v) is 2.17. The fourth-order valence-electron chi connectivity index (χ4n) is 2.04. The van der Waals surface area contributed by atoms with Gasteiger partial charge in [0.2, 0.25) is 0 Å². The Bertz CT molecular complexity index is 680. The number of carbonyl (C=O) groups is 2. The number of hydrogen-bond donors (Lipinski definition) is 0. The molecule has 2 rings (SSSR count). The topological polar surface area (TPSA) is 52.6 Å². The van der Waals surface area contributed by atoms with Crippen LogP contribution < -0.4 is 4.74 Å². The van der Waals surface area contributed by atoms with E-state index in [1.807, 2.05) is 0 Å². The Morgan fingerprint density at radius 1 is 0.957 bits per heavy atom. The second-order valence-corrected chi connectivity index (χ2v) is 5.30. The number of halogens is 1. The zero-order chi connectivity index (χ0) is 16.7. The Kier molecular flexibility index (Phi) is 6.18. The Labute approximate surface area is 140 Å². The minimum atomic E-state index is -0.399. The van der Waals surface area contributed by atoms with Crippen LogP contribution >= 0.6 is 11.6 Å². The van der Waals surface area contributed by atoms with Crippen LogP contribution in [0.15, 0.2) is 48.5 Å². The summed E-state index contributed by atoms with van der Waals surface area (Å²) in [5.74, 6) is -0.378. The van der Waals surface area contributed by atoms with Crippen LogP contribution in [0.2, 0.25) is 5.02 Å². The minimum absolute atomic E-state index is 0.0677. The summed E-state index contributed by atoms with van der Waals surface area (Å²) >= 11 is 5.81. The molecule has 0 spiro atoms. The first kappa shape index (κ1) is 17.0. The van der Waals surface area contributed by atoms with Crippen LogP contribution in [0.25, 0.3) is 0 Å². The van der Waals surface area contributed by atoms with Gasteiger partial charge in [-0.25, -0.2) is 0 Å². The highest BCUT2D eigenvalue weighted by Crippen LogP contribution is 2.20. The molecule has 23 heavy (non-hydrogen) atoms. The maximum Gasteiger partial charge on any atom is 0.315 e. The van der Waals surface area contributed by atoms with Gasteiger partial charge in [0.1, 0.15) is 5.75 Å². The number of benzene rings is 2. The van der Waals surface area contributed by atoms with E-state index in [4.69, 9.17) is 21.1 Å². The zero-order valence-electron chi connectivity index (χ0n) is 12.8. The summed E-state index contributed by atoms with van der Waals surface area (Å²) in [6, 6.07) is 13.9. The molecular weight excluding hydrogens is 316 g/mol. The smallest absolute Gasteiger partial charge is 0.315 e. The van der Waals surface area contributed by atoms with E-state index < -0.39 is 5.97 Å². The van der Waals surface area contributed by atoms with Crippen molar-refractivity contribution in [2.24, 2.45) is 0 Å². The summed E-state index contributed by atoms with van der Waals surface area (Å²) in [6.45, 7) is 2.06. The molecule has 120 valence electrons. The van der Waals surface area contributed by atoms with Gasteiger partial charge in [0, 0.05) is 10.6 Å². The molecule has 0 N–H and O–H groups in total. The minimum Gasteiger partial charge on any atom is -0.466 e. The molecule has 0 aromatic heterocycles. The molecule has 0 aliphatic rings. The predicted octanol–water partition coefficient (Wildman–Crippen LogP) is 3.59. The van der Waals surface area contributed by atoms with Crippen molar-refractivity contribution < 1.29 is 19.1 Å². The maximum absolute atomic E-state index is 12.1. The monoisotopic (exact) mass is 332 g/mol. The first-order valence-corrected chi connectivity index (χ1v) is 7.65. The summed E-state index contributed by atoms with van der Waals surface area (Å²) in [7, 11) is 0. The van der Waals surface area contributed by atoms with E-state index in [1.165, 1.54) is 0 Å². The highest BCUT2D eigenvalue weighted by atomic mass is 35.5. The molecule has 5 heteroatoms. The molecule has 0 aliphatic heterocycles. The van der Waals surface area contributed by atoms with Crippen LogP contribution in [-0.4, -0.2) is 18.5 Å². The average Bonchev–Trinajstić information content (AvgIpc) is 2.52. The molecule has 2 aromatic carbocycles. The average molecular weight is 333 g/mol. The van der Waals surface area contributed by atoms with Gasteiger partial charge in [0.15, 0.2) is 0 Å². The Morgan fingerprint density at radius 2 is 1.65 bits per heavy atom. The van der Waals surface area contributed by atoms with Gasteiger partial charge in [-0.05, 0) is 30.7 Å². The Morgan fingerprint density at radius 3 is 2.35 bits per heavy atom. The molecule has 0 aliphatic carbocycles. The standard InChI is InChI=1S/C18H17ClO4/c1-2-22-17(20)12-14-5-3-4-6-16(14)23-18(21)11-13-7-9-15(19)10-8-13/h3-10H,2,11-12H2,1H3. The molecule has 0 atom stereocenters. The molecule has 2 aromatic rings. The van der Waals surface area contributed by atoms with Gasteiger partial charge in [0.25, 0.3) is 0 Å². The maximum atomic E-state index is 12.1. The quantitative estimate of drug-likeness (QED) is 0.599. The Hall–Kier alpha value is -2.33. The van der Waals surface area contributed by atoms with Crippen LogP contribution in [0.3, 0.4) is 0 Å². The van der Waals surface area contributed by atoms with Gasteiger partial charge < -0.3 is 9.47 Å². The number of ether oxygens (including phenoxy) is 2. The molecule has 4 nitrogen and oxygen atoms in total. The van der Waals surface area contributed by atoms with E-state index in [1.54, 1.807) is 55.5 Å². The first-order chi connectivity index (χ1) is 11.1. The third kappa shape index (κ3) is 5.42. The van der Waals surface area contributed by atoms with Crippen molar-refractivity contribution in [2.45, 2.75) is 19.8 Å². The van der Waals surface area contributed by atoms with Crippen LogP contribution in [0.4, 0.5) is 0 Å². The van der Waals surface area contributed by atoms with Crippen molar-refractivity contribution >= 4 is 23.5 Å². The molecule has 0 radical (unpaired) electrons. The number of esters is 2. The molecule has 0 saturated carbocycles. The lowest BCUT2D eigenvalue weighted by molar-refractivity contribution is -0.142. The summed E-state index contributed by atoms with van der Waals surface area (Å²) in [6.07, 6.45) is 0.198. The van der Waals surface area contributed by atoms with Crippen LogP contribution in [-0.2, 0) is 27.2 Å². The summed E-state index contributed by atoms with van der Waals surface area (Å²) < 4.78 is 10.3. The third-order valence-electron chi connectivity index (χ3n) is 3.10. The molecule has 0 heterocycles. The molecule has 0 fully saturated rings. The van der Waals surface area contributed by atoms with Gasteiger partial charge in [-0.1, -0.05) is 41.9 Å². The van der Waals surface area contributed by atoms with E-state index >= 15 is 0 Å². The normalized spacial score (nSPS) is 10.2. The van der Waals surface area contributed by atoms with E-state index in [0.29, 0.717) is 22.9 Å². The van der Waals surface area contributed by atoms with Gasteiger partial charge in [0.05, 0.1) is 19.4 Å². The number of para-hydroxylation sites is 1. The van der Waals surface area contributed by atoms with Gasteiger partial charge in [-0.3, -0.25) is 9.59 Å². The van der Waals surface area contributed by atoms with Crippen molar-refractivity contribution in [2.75, 3.05) is 6.61 Å². The lowest BCUT2D eigenvalue weighted by Crippen LogP contribution is -2.14. The van der Waals surface area contributed by atoms with Gasteiger partial charge >= 0.3 is 11.9 Å². The summed E-state index contributed by atoms with van der Waals surface area (Å²) in [5.41, 5.74) is 1.43. The van der Waals surface area contributed by atoms with Gasteiger partial charge in [-0.2, -0.15) is 0 Å². The van der Waals surface area contributed by atoms with Crippen LogP contribution in [0.1, 0.15) is 18.1 Å². The molecule has 0 amide bonds. The zero-order valence-corrected chi connectivity index (χ0v) is 13.5. The summed E-state index contributed by atoms with van der Waals surface area (Å²) in [4.78, 5) is 23.7. The highest BCUT2D eigenvalue weighted by molar-refractivity contribution is 6.30. The van der Waals surface area contributed by atoms with E-state index in [-0.39, 0.29) is 18.8 Å². The SMILES string of the molecule is CCOC(=O)Cc1ccccc1OC(=O)Cc1ccc(Cl)cc1. The van der Waals surface area contributed by atoms with Crippen LogP contribution in [0.5, 0.6) is 5.75 Å². The van der Waals surface area contributed by atoms with Crippen molar-refractivity contribution in [3.63, 3.8) is 0 Å². The van der Waals surface area contributed by atoms with Crippen molar-refractivity contribution in [1.29, 1.82) is 0 Å². The van der Waals surface area contributed by atoms with Crippen molar-refractivity contribution in [3.8, 4) is 5.75 Å². The fraction of sp³-hybridized carbons (Fsp3) is 0.222. The van der Waals surface area contributed by atoms with E-state index in [2.05, 4.69) is 0 Å². The molecule has 0 bridgehead atoms. The van der Waals surface area contributed by atoms with Crippen molar-refractivity contribution in [3.05, 3.63) is 64.7 Å². The Balaban J connectivity index is 2.02. The largest absolute Gasteiger partial charge is 0.466 e. The van der Waals surface area contributed by atoms with Crippen LogP contribution in [0, 0.1) is 0 Å². The molecular formula is C18H17ClO4. The third-order valence-corrected chi connectivity index (χ3v) is 3.35. The van der Waals surface area contributed by atoms with Crippen molar-refractivity contribution in [1.82, 2.24) is 0 Å². The van der Waals surface area contributed by atoms with Gasteiger partial charge in [-0.15, -0.1) is 0 Å². The number of carbonyl (C=O) groups excluding carboxylic acids is 2. The number of hydrogen-bond acceptors (Lipinski definition) is 4. The molecule has 0 saturated heterocycles. The second-order valence-electron chi connectivity index (χ2n) is 4.87. The first-order valence-electron chi connectivity index (χ1n) is 7.27. The second kappa shape index (κ2) is 8.34.